The molecule has 0 aromatic rings. The molecule has 17 heteroatoms. The van der Waals surface area contributed by atoms with E-state index in [1.807, 2.05) is 18.2 Å². The van der Waals surface area contributed by atoms with Gasteiger partial charge in [-0.3, -0.25) is 28.0 Å². The van der Waals surface area contributed by atoms with E-state index < -0.39 is 72.3 Å². The molecule has 350 valence electrons. The monoisotopic (exact) mass is 904 g/mol. The number of ether oxygens (including phenoxy) is 2. The Bertz CT molecular complexity index is 1450. The Morgan fingerprint density at radius 1 is 0.705 bits per heavy atom. The van der Waals surface area contributed by atoms with Crippen molar-refractivity contribution < 1.29 is 71.5 Å². The Morgan fingerprint density at radius 3 is 2.00 bits per heavy atom. The Kier molecular flexibility index (Phi) is 32.3. The van der Waals surface area contributed by atoms with Crippen LogP contribution in [0.2, 0.25) is 0 Å². The fourth-order valence-corrected chi connectivity index (χ4v) is 7.29. The zero-order valence-corrected chi connectivity index (χ0v) is 38.1. The van der Waals surface area contributed by atoms with Gasteiger partial charge in [0.1, 0.15) is 12.7 Å². The van der Waals surface area contributed by atoms with E-state index in [-0.39, 0.29) is 30.5 Å². The van der Waals surface area contributed by atoms with E-state index in [9.17, 15) is 38.6 Å². The van der Waals surface area contributed by atoms with Crippen LogP contribution in [0.3, 0.4) is 0 Å². The van der Waals surface area contributed by atoms with E-state index in [0.717, 1.165) is 64.2 Å². The molecule has 0 spiro atoms. The van der Waals surface area contributed by atoms with Crippen molar-refractivity contribution in [3.05, 3.63) is 60.8 Å². The van der Waals surface area contributed by atoms with Crippen LogP contribution in [0, 0.1) is 11.8 Å². The molecule has 1 aliphatic carbocycles. The third-order valence-corrected chi connectivity index (χ3v) is 11.1. The number of phosphoric ester groups is 2. The first-order valence-electron chi connectivity index (χ1n) is 22.0. The molecule has 1 rings (SSSR count). The average Bonchev–Trinajstić information content (AvgIpc) is 3.57. The highest BCUT2D eigenvalue weighted by atomic mass is 31.2. The van der Waals surface area contributed by atoms with E-state index in [1.54, 1.807) is 18.2 Å². The van der Waals surface area contributed by atoms with Crippen LogP contribution in [0.25, 0.3) is 0 Å². The number of hydrogen-bond donors (Lipinski definition) is 5. The number of unbranched alkanes of at least 4 members (excludes halogenated alkanes) is 11. The number of rotatable bonds is 38. The van der Waals surface area contributed by atoms with Gasteiger partial charge in [-0.05, 0) is 76.2 Å². The summed E-state index contributed by atoms with van der Waals surface area (Å²) in [5, 5.41) is 20.0. The number of allylic oxidation sites excluding steroid dienone is 9. The molecule has 5 N–H and O–H groups in total. The lowest BCUT2D eigenvalue weighted by Gasteiger charge is -2.20. The summed E-state index contributed by atoms with van der Waals surface area (Å²) >= 11 is 0. The molecule has 1 aliphatic rings. The molecule has 0 saturated carbocycles. The lowest BCUT2D eigenvalue weighted by Crippen LogP contribution is -2.30. The van der Waals surface area contributed by atoms with E-state index in [1.165, 1.54) is 19.3 Å². The number of aliphatic hydroxyl groups excluding tert-OH is 2. The van der Waals surface area contributed by atoms with Crippen LogP contribution in [-0.2, 0) is 46.6 Å². The number of ketones is 1. The van der Waals surface area contributed by atoms with Crippen LogP contribution in [0.4, 0.5) is 0 Å². The molecule has 0 heterocycles. The molecular formula is C44H74O15P2. The van der Waals surface area contributed by atoms with Gasteiger partial charge in [-0.25, -0.2) is 9.13 Å². The molecule has 1 unspecified atom stereocenters. The van der Waals surface area contributed by atoms with Crippen LogP contribution in [0.15, 0.2) is 60.8 Å². The van der Waals surface area contributed by atoms with Crippen molar-refractivity contribution in [2.24, 2.45) is 11.8 Å². The minimum Gasteiger partial charge on any atom is -0.462 e. The number of carbonyl (C=O) groups excluding carboxylic acids is 3. The molecule has 0 radical (unpaired) electrons. The van der Waals surface area contributed by atoms with Gasteiger partial charge >= 0.3 is 27.6 Å². The molecule has 15 nitrogen and oxygen atoms in total. The molecule has 6 atom stereocenters. The zero-order chi connectivity index (χ0) is 45.2. The average molecular weight is 905 g/mol. The second-order valence-corrected chi connectivity index (χ2v) is 18.0. The summed E-state index contributed by atoms with van der Waals surface area (Å²) in [5.74, 6) is -1.53. The summed E-state index contributed by atoms with van der Waals surface area (Å²) in [6.07, 6.45) is 32.7. The van der Waals surface area contributed by atoms with Crippen LogP contribution >= 0.6 is 15.6 Å². The van der Waals surface area contributed by atoms with Crippen molar-refractivity contribution in [2.45, 2.75) is 161 Å². The van der Waals surface area contributed by atoms with Crippen LogP contribution in [0.1, 0.15) is 142 Å². The molecule has 0 amide bonds. The number of esters is 2. The summed E-state index contributed by atoms with van der Waals surface area (Å²) in [6, 6.07) is 0. The Morgan fingerprint density at radius 2 is 1.30 bits per heavy atom. The number of phosphoric acid groups is 2. The van der Waals surface area contributed by atoms with Crippen LogP contribution in [0.5, 0.6) is 0 Å². The summed E-state index contributed by atoms with van der Waals surface area (Å²) < 4.78 is 47.7. The van der Waals surface area contributed by atoms with Gasteiger partial charge in [-0.2, -0.15) is 0 Å². The van der Waals surface area contributed by atoms with E-state index >= 15 is 0 Å². The third kappa shape index (κ3) is 32.7. The topological polar surface area (TPSA) is 233 Å². The van der Waals surface area contributed by atoms with Gasteiger partial charge in [0.25, 0.3) is 0 Å². The zero-order valence-electron chi connectivity index (χ0n) is 36.3. The van der Waals surface area contributed by atoms with Crippen molar-refractivity contribution in [2.75, 3.05) is 26.4 Å². The normalized spacial score (nSPS) is 18.4. The largest absolute Gasteiger partial charge is 0.472 e. The maximum atomic E-state index is 12.7. The molecule has 0 fully saturated rings. The van der Waals surface area contributed by atoms with Crippen molar-refractivity contribution >= 4 is 33.4 Å². The molecule has 0 saturated heterocycles. The van der Waals surface area contributed by atoms with Crippen molar-refractivity contribution in [3.8, 4) is 0 Å². The van der Waals surface area contributed by atoms with Crippen LogP contribution < -0.4 is 0 Å². The molecule has 0 aliphatic heterocycles. The van der Waals surface area contributed by atoms with Crippen molar-refractivity contribution in [1.29, 1.82) is 0 Å². The first-order valence-corrected chi connectivity index (χ1v) is 25.1. The Balaban J connectivity index is 2.55. The van der Waals surface area contributed by atoms with Crippen LogP contribution in [-0.4, -0.2) is 87.4 Å². The van der Waals surface area contributed by atoms with E-state index in [2.05, 4.69) is 47.2 Å². The Hall–Kier alpha value is -2.55. The summed E-state index contributed by atoms with van der Waals surface area (Å²) in [6.45, 7) is 1.38. The van der Waals surface area contributed by atoms with E-state index in [0.29, 0.717) is 32.1 Å². The first-order chi connectivity index (χ1) is 29.2. The molecule has 0 aromatic carbocycles. The quantitative estimate of drug-likeness (QED) is 0.0169. The second-order valence-electron chi connectivity index (χ2n) is 15.3. The lowest BCUT2D eigenvalue weighted by molar-refractivity contribution is -0.161. The predicted octanol–water partition coefficient (Wildman–Crippen LogP) is 8.84. The van der Waals surface area contributed by atoms with Gasteiger partial charge in [0.05, 0.1) is 25.9 Å². The molecule has 61 heavy (non-hydrogen) atoms. The molecule has 0 bridgehead atoms. The molecular weight excluding hydrogens is 830 g/mol. The van der Waals surface area contributed by atoms with Gasteiger partial charge in [-0.15, -0.1) is 0 Å². The summed E-state index contributed by atoms with van der Waals surface area (Å²) in [4.78, 5) is 65.2. The number of aliphatic hydroxyl groups is 2. The lowest BCUT2D eigenvalue weighted by atomic mass is 9.90. The first kappa shape index (κ1) is 56.5. The van der Waals surface area contributed by atoms with Gasteiger partial charge in [0, 0.05) is 18.8 Å². The fourth-order valence-electron chi connectivity index (χ4n) is 6.13. The highest BCUT2D eigenvalue weighted by molar-refractivity contribution is 7.47. The highest BCUT2D eigenvalue weighted by Crippen LogP contribution is 2.44. The maximum absolute atomic E-state index is 12.7. The van der Waals surface area contributed by atoms with Gasteiger partial charge in [0.2, 0.25) is 0 Å². The number of carbonyl (C=O) groups is 3. The maximum Gasteiger partial charge on any atom is 0.472 e. The van der Waals surface area contributed by atoms with Gasteiger partial charge in [0.15, 0.2) is 11.9 Å². The van der Waals surface area contributed by atoms with E-state index in [4.69, 9.17) is 23.8 Å². The number of hydrogen-bond acceptors (Lipinski definition) is 12. The summed E-state index contributed by atoms with van der Waals surface area (Å²) in [5.41, 5.74) is 0. The summed E-state index contributed by atoms with van der Waals surface area (Å²) in [7, 11) is -9.75. The minimum atomic E-state index is -4.89. The third-order valence-electron chi connectivity index (χ3n) is 9.62. The van der Waals surface area contributed by atoms with Crippen molar-refractivity contribution in [3.63, 3.8) is 0 Å². The standard InChI is InChI=1S/C44H74O15P2/c1-3-5-7-8-9-10-11-12-13-14-15-16-17-18-24-28-44(49)59-40(36-58-61(53,54)57-34-39(46)33-56-60(50,51)52)35-55-43(48)27-23-20-19-22-25-37-29-32-42(47)41(37)31-30-38(45)26-21-6-4-2/h9-10,12-13,19,22,29-32,37-41,45-46H,3-8,11,14-18,20-21,23-28,33-36H2,1-2H3,(H,53,54)(H2,50,51,52)/b10-9-,13-12-,22-19-,31-30+/t37-,38-,39-,40+,41+/m0/s1. The Labute approximate surface area is 363 Å². The van der Waals surface area contributed by atoms with Crippen molar-refractivity contribution in [1.82, 2.24) is 0 Å². The molecule has 0 aromatic heterocycles. The smallest absolute Gasteiger partial charge is 0.462 e. The SMILES string of the molecule is CCCCC/C=C\C/C=C\CCCCCCCC(=O)O[C@H](COC(=O)CCC/C=C\C[C@H]1C=CC(=O)[C@@H]1/C=C/[C@@H](O)CCCCC)COP(=O)(O)OC[C@@H](O)COP(=O)(O)O. The highest BCUT2D eigenvalue weighted by Gasteiger charge is 2.29. The minimum absolute atomic E-state index is 0.00773. The van der Waals surface area contributed by atoms with Gasteiger partial charge < -0.3 is 34.4 Å². The van der Waals surface area contributed by atoms with Gasteiger partial charge in [-0.1, -0.05) is 120 Å². The fraction of sp³-hybridized carbons (Fsp3) is 0.705. The second kappa shape index (κ2) is 34.9. The predicted molar refractivity (Wildman–Crippen MR) is 234 cm³/mol.